The van der Waals surface area contributed by atoms with Crippen molar-refractivity contribution in [3.05, 3.63) is 28.2 Å². The van der Waals surface area contributed by atoms with Crippen molar-refractivity contribution in [3.63, 3.8) is 0 Å². The first-order valence-corrected chi connectivity index (χ1v) is 6.34. The molecule has 7 heteroatoms. The van der Waals surface area contributed by atoms with Crippen molar-refractivity contribution in [2.45, 2.75) is 19.4 Å². The summed E-state index contributed by atoms with van der Waals surface area (Å²) in [5.74, 6) is 0.313. The predicted octanol–water partition coefficient (Wildman–Crippen LogP) is 2.65. The molecule has 1 rings (SSSR count). The monoisotopic (exact) mass is 326 g/mol. The van der Waals surface area contributed by atoms with Crippen LogP contribution in [0.25, 0.3) is 0 Å². The first-order valence-electron chi connectivity index (χ1n) is 5.59. The Morgan fingerprint density at radius 2 is 2.11 bits per heavy atom. The molecule has 0 saturated heterocycles. The number of amides is 1. The lowest BCUT2D eigenvalue weighted by molar-refractivity contribution is -0.123. The largest absolute Gasteiger partial charge is 0.484 e. The van der Waals surface area contributed by atoms with Crippen molar-refractivity contribution in [2.24, 2.45) is 5.73 Å². The number of ether oxygens (including phenoxy) is 1. The fraction of sp³-hybridized carbons (Fsp3) is 0.417. The Kier molecular flexibility index (Phi) is 8.93. The summed E-state index contributed by atoms with van der Waals surface area (Å²) in [4.78, 5) is 11.4. The summed E-state index contributed by atoms with van der Waals surface area (Å²) in [5.41, 5.74) is 5.56. The van der Waals surface area contributed by atoms with Gasteiger partial charge >= 0.3 is 0 Å². The minimum atomic E-state index is -0.193. The highest BCUT2D eigenvalue weighted by molar-refractivity contribution is 6.42. The molecule has 1 atom stereocenters. The minimum Gasteiger partial charge on any atom is -0.484 e. The van der Waals surface area contributed by atoms with Crippen molar-refractivity contribution in [2.75, 3.05) is 13.2 Å². The van der Waals surface area contributed by atoms with Gasteiger partial charge in [0.05, 0.1) is 10.0 Å². The minimum absolute atomic E-state index is 0. The van der Waals surface area contributed by atoms with E-state index in [0.717, 1.165) is 6.42 Å². The second-order valence-corrected chi connectivity index (χ2v) is 4.79. The predicted molar refractivity (Wildman–Crippen MR) is 80.5 cm³/mol. The molecule has 1 amide bonds. The number of benzene rings is 1. The van der Waals surface area contributed by atoms with E-state index in [9.17, 15) is 4.79 Å². The molecule has 0 saturated carbocycles. The van der Waals surface area contributed by atoms with E-state index in [1.54, 1.807) is 18.2 Å². The van der Waals surface area contributed by atoms with E-state index in [2.05, 4.69) is 5.32 Å². The van der Waals surface area contributed by atoms with Gasteiger partial charge in [0, 0.05) is 18.7 Å². The molecule has 1 aromatic rings. The van der Waals surface area contributed by atoms with Crippen LogP contribution in [0.2, 0.25) is 10.0 Å². The number of carbonyl (C=O) groups is 1. The molecule has 4 nitrogen and oxygen atoms in total. The summed E-state index contributed by atoms with van der Waals surface area (Å²) < 4.78 is 5.27. The molecule has 0 bridgehead atoms. The third kappa shape index (κ3) is 7.47. The summed E-state index contributed by atoms with van der Waals surface area (Å²) >= 11 is 11.6. The van der Waals surface area contributed by atoms with Crippen LogP contribution >= 0.6 is 35.6 Å². The number of nitrogens with one attached hydrogen (secondary N) is 1. The normalized spacial score (nSPS) is 11.4. The molecule has 0 aromatic heterocycles. The van der Waals surface area contributed by atoms with Crippen LogP contribution in [-0.2, 0) is 4.79 Å². The van der Waals surface area contributed by atoms with E-state index in [4.69, 9.17) is 33.7 Å². The van der Waals surface area contributed by atoms with Crippen LogP contribution in [-0.4, -0.2) is 25.1 Å². The Morgan fingerprint density at radius 3 is 2.68 bits per heavy atom. The number of hydrogen-bond acceptors (Lipinski definition) is 3. The van der Waals surface area contributed by atoms with Crippen LogP contribution in [0.15, 0.2) is 18.2 Å². The molecule has 1 aromatic carbocycles. The zero-order chi connectivity index (χ0) is 13.5. The third-order valence-electron chi connectivity index (χ3n) is 2.18. The van der Waals surface area contributed by atoms with Gasteiger partial charge in [-0.15, -0.1) is 12.4 Å². The Morgan fingerprint density at radius 1 is 1.42 bits per heavy atom. The quantitative estimate of drug-likeness (QED) is 0.844. The van der Waals surface area contributed by atoms with Crippen molar-refractivity contribution in [1.29, 1.82) is 0 Å². The summed E-state index contributed by atoms with van der Waals surface area (Å²) in [6.07, 6.45) is 0.735. The maximum absolute atomic E-state index is 11.4. The molecular weight excluding hydrogens is 311 g/mol. The Balaban J connectivity index is 0.00000324. The van der Waals surface area contributed by atoms with Gasteiger partial charge in [-0.1, -0.05) is 23.2 Å². The van der Waals surface area contributed by atoms with Crippen molar-refractivity contribution >= 4 is 41.5 Å². The van der Waals surface area contributed by atoms with Crippen LogP contribution in [0.1, 0.15) is 13.3 Å². The summed E-state index contributed by atoms with van der Waals surface area (Å²) in [6.45, 7) is 2.37. The van der Waals surface area contributed by atoms with Crippen molar-refractivity contribution in [1.82, 2.24) is 5.32 Å². The lowest BCUT2D eigenvalue weighted by Crippen LogP contribution is -2.32. The van der Waals surface area contributed by atoms with Crippen LogP contribution in [0.4, 0.5) is 0 Å². The molecule has 0 heterocycles. The Bertz CT molecular complexity index is 414. The highest BCUT2D eigenvalue weighted by Gasteiger charge is 2.04. The van der Waals surface area contributed by atoms with Crippen molar-refractivity contribution in [3.8, 4) is 5.75 Å². The number of halogens is 3. The maximum atomic E-state index is 11.4. The lowest BCUT2D eigenvalue weighted by Gasteiger charge is -2.09. The second kappa shape index (κ2) is 9.26. The molecule has 0 radical (unpaired) electrons. The smallest absolute Gasteiger partial charge is 0.257 e. The average Bonchev–Trinajstić information content (AvgIpc) is 2.30. The molecule has 19 heavy (non-hydrogen) atoms. The number of carbonyl (C=O) groups excluding carboxylic acids is 1. The van der Waals surface area contributed by atoms with Gasteiger partial charge in [0.15, 0.2) is 6.61 Å². The van der Waals surface area contributed by atoms with Crippen molar-refractivity contribution < 1.29 is 9.53 Å². The molecular formula is C12H17Cl3N2O2. The molecule has 108 valence electrons. The van der Waals surface area contributed by atoms with E-state index in [-0.39, 0.29) is 31.0 Å². The standard InChI is InChI=1S/C12H16Cl2N2O2.ClH/c1-8(15)4-5-16-12(17)7-18-9-2-3-10(13)11(14)6-9;/h2-3,6,8H,4-5,7,15H2,1H3,(H,16,17);1H. The number of rotatable bonds is 6. The Hall–Kier alpha value is -0.680. The van der Waals surface area contributed by atoms with E-state index in [1.807, 2.05) is 6.92 Å². The molecule has 0 aliphatic carbocycles. The second-order valence-electron chi connectivity index (χ2n) is 3.98. The molecule has 1 unspecified atom stereocenters. The van der Waals surface area contributed by atoms with E-state index >= 15 is 0 Å². The summed E-state index contributed by atoms with van der Waals surface area (Å²) in [5, 5.41) is 3.55. The molecule has 3 N–H and O–H groups in total. The van der Waals surface area contributed by atoms with Crippen LogP contribution in [0, 0.1) is 0 Å². The average molecular weight is 328 g/mol. The van der Waals surface area contributed by atoms with E-state index in [1.165, 1.54) is 0 Å². The lowest BCUT2D eigenvalue weighted by atomic mass is 10.2. The van der Waals surface area contributed by atoms with Crippen LogP contribution in [0.3, 0.4) is 0 Å². The number of nitrogens with two attached hydrogens (primary N) is 1. The SMILES string of the molecule is CC(N)CCNC(=O)COc1ccc(Cl)c(Cl)c1.Cl. The zero-order valence-corrected chi connectivity index (χ0v) is 12.8. The molecule has 0 spiro atoms. The highest BCUT2D eigenvalue weighted by Crippen LogP contribution is 2.26. The topological polar surface area (TPSA) is 64.3 Å². The zero-order valence-electron chi connectivity index (χ0n) is 10.5. The van der Waals surface area contributed by atoms with Gasteiger partial charge in [-0.25, -0.2) is 0 Å². The van der Waals surface area contributed by atoms with Gasteiger partial charge in [0.2, 0.25) is 0 Å². The molecule has 0 fully saturated rings. The summed E-state index contributed by atoms with van der Waals surface area (Å²) in [7, 11) is 0. The van der Waals surface area contributed by atoms with Gasteiger partial charge in [-0.2, -0.15) is 0 Å². The Labute approximate surface area is 129 Å². The fourth-order valence-corrected chi connectivity index (χ4v) is 1.49. The molecule has 0 aliphatic heterocycles. The van der Waals surface area contributed by atoms with E-state index in [0.29, 0.717) is 22.3 Å². The van der Waals surface area contributed by atoms with Crippen LogP contribution < -0.4 is 15.8 Å². The first-order chi connectivity index (χ1) is 8.49. The maximum Gasteiger partial charge on any atom is 0.257 e. The first kappa shape index (κ1) is 18.3. The number of hydrogen-bond donors (Lipinski definition) is 2. The fourth-order valence-electron chi connectivity index (χ4n) is 1.21. The van der Waals surface area contributed by atoms with Crippen LogP contribution in [0.5, 0.6) is 5.75 Å². The van der Waals surface area contributed by atoms with E-state index < -0.39 is 0 Å². The van der Waals surface area contributed by atoms with Gasteiger partial charge in [-0.05, 0) is 25.5 Å². The van der Waals surface area contributed by atoms with Gasteiger partial charge in [0.1, 0.15) is 5.75 Å². The molecule has 0 aliphatic rings. The third-order valence-corrected chi connectivity index (χ3v) is 2.92. The van der Waals surface area contributed by atoms with Gasteiger partial charge in [0.25, 0.3) is 5.91 Å². The summed E-state index contributed by atoms with van der Waals surface area (Å²) in [6, 6.07) is 4.91. The highest BCUT2D eigenvalue weighted by atomic mass is 35.5. The van der Waals surface area contributed by atoms with Gasteiger partial charge in [-0.3, -0.25) is 4.79 Å². The van der Waals surface area contributed by atoms with Gasteiger partial charge < -0.3 is 15.8 Å².